The van der Waals surface area contributed by atoms with Gasteiger partial charge in [-0.15, -0.1) is 0 Å². The molecule has 0 saturated carbocycles. The maximum Gasteiger partial charge on any atom is 0.220 e. The van der Waals surface area contributed by atoms with Crippen LogP contribution in [-0.4, -0.2) is 28.1 Å². The minimum atomic E-state index is -0.865. The Hall–Kier alpha value is -1.81. The SMILES string of the molecule is CC(C)(O)CNC(=O)CCc1c[nH]c2ccccc12. The van der Waals surface area contributed by atoms with Gasteiger partial charge in [0.2, 0.25) is 5.91 Å². The molecule has 0 radical (unpaired) electrons. The molecule has 0 fully saturated rings. The van der Waals surface area contributed by atoms with Crippen molar-refractivity contribution < 1.29 is 9.90 Å². The quantitative estimate of drug-likeness (QED) is 0.769. The van der Waals surface area contributed by atoms with E-state index >= 15 is 0 Å². The molecule has 1 aromatic carbocycles. The van der Waals surface area contributed by atoms with Gasteiger partial charge in [-0.3, -0.25) is 4.79 Å². The molecule has 102 valence electrons. The van der Waals surface area contributed by atoms with Crippen LogP contribution < -0.4 is 5.32 Å². The van der Waals surface area contributed by atoms with Crippen LogP contribution in [0.3, 0.4) is 0 Å². The monoisotopic (exact) mass is 260 g/mol. The Kier molecular flexibility index (Phi) is 3.90. The second-order valence-electron chi connectivity index (χ2n) is 5.45. The molecule has 4 heteroatoms. The van der Waals surface area contributed by atoms with Crippen molar-refractivity contribution >= 4 is 16.8 Å². The number of nitrogens with one attached hydrogen (secondary N) is 2. The molecule has 1 aromatic heterocycles. The van der Waals surface area contributed by atoms with Gasteiger partial charge in [-0.05, 0) is 31.9 Å². The lowest BCUT2D eigenvalue weighted by Gasteiger charge is -2.17. The third-order valence-corrected chi connectivity index (χ3v) is 3.01. The summed E-state index contributed by atoms with van der Waals surface area (Å²) in [6.07, 6.45) is 3.08. The Labute approximate surface area is 112 Å². The average molecular weight is 260 g/mol. The van der Waals surface area contributed by atoms with Gasteiger partial charge in [-0.25, -0.2) is 0 Å². The van der Waals surface area contributed by atoms with Gasteiger partial charge in [0.25, 0.3) is 0 Å². The summed E-state index contributed by atoms with van der Waals surface area (Å²) in [6, 6.07) is 8.05. The number of H-pyrrole nitrogens is 1. The van der Waals surface area contributed by atoms with E-state index in [0.717, 1.165) is 16.5 Å². The second-order valence-corrected chi connectivity index (χ2v) is 5.45. The molecule has 0 aliphatic heterocycles. The van der Waals surface area contributed by atoms with E-state index in [1.807, 2.05) is 24.4 Å². The Morgan fingerprint density at radius 3 is 2.84 bits per heavy atom. The number of carbonyl (C=O) groups is 1. The number of carbonyl (C=O) groups excluding carboxylic acids is 1. The van der Waals surface area contributed by atoms with E-state index in [-0.39, 0.29) is 12.5 Å². The van der Waals surface area contributed by atoms with E-state index in [1.165, 1.54) is 0 Å². The van der Waals surface area contributed by atoms with E-state index in [4.69, 9.17) is 0 Å². The zero-order valence-corrected chi connectivity index (χ0v) is 11.4. The summed E-state index contributed by atoms with van der Waals surface area (Å²) < 4.78 is 0. The molecule has 19 heavy (non-hydrogen) atoms. The number of para-hydroxylation sites is 1. The van der Waals surface area contributed by atoms with Crippen LogP contribution in [0.1, 0.15) is 25.8 Å². The number of hydrogen-bond donors (Lipinski definition) is 3. The van der Waals surface area contributed by atoms with E-state index in [9.17, 15) is 9.90 Å². The lowest BCUT2D eigenvalue weighted by molar-refractivity contribution is -0.122. The molecule has 0 saturated heterocycles. The van der Waals surface area contributed by atoms with Gasteiger partial charge in [0.15, 0.2) is 0 Å². The standard InChI is InChI=1S/C15H20N2O2/c1-15(2,19)10-17-14(18)8-7-11-9-16-13-6-4-3-5-12(11)13/h3-6,9,16,19H,7-8,10H2,1-2H3,(H,17,18). The number of hydrogen-bond acceptors (Lipinski definition) is 2. The highest BCUT2D eigenvalue weighted by Gasteiger charge is 2.14. The lowest BCUT2D eigenvalue weighted by atomic mass is 10.1. The van der Waals surface area contributed by atoms with Gasteiger partial charge in [-0.1, -0.05) is 18.2 Å². The van der Waals surface area contributed by atoms with Crippen LogP contribution in [0, 0.1) is 0 Å². The van der Waals surface area contributed by atoms with Crippen molar-refractivity contribution in [2.45, 2.75) is 32.3 Å². The smallest absolute Gasteiger partial charge is 0.220 e. The molecule has 0 spiro atoms. The predicted molar refractivity (Wildman–Crippen MR) is 75.9 cm³/mol. The largest absolute Gasteiger partial charge is 0.389 e. The number of rotatable bonds is 5. The van der Waals surface area contributed by atoms with Crippen LogP contribution in [-0.2, 0) is 11.2 Å². The van der Waals surface area contributed by atoms with Crippen molar-refractivity contribution in [3.05, 3.63) is 36.0 Å². The Morgan fingerprint density at radius 2 is 2.11 bits per heavy atom. The first-order chi connectivity index (χ1) is 8.96. The molecule has 0 bridgehead atoms. The number of aromatic nitrogens is 1. The Bertz CT molecular complexity index is 567. The molecule has 3 N–H and O–H groups in total. The van der Waals surface area contributed by atoms with Crippen LogP contribution >= 0.6 is 0 Å². The summed E-state index contributed by atoms with van der Waals surface area (Å²) in [6.45, 7) is 3.62. The lowest BCUT2D eigenvalue weighted by Crippen LogP contribution is -2.38. The Balaban J connectivity index is 1.90. The number of aliphatic hydroxyl groups is 1. The van der Waals surface area contributed by atoms with Crippen molar-refractivity contribution in [2.24, 2.45) is 0 Å². The first kappa shape index (κ1) is 13.6. The highest BCUT2D eigenvalue weighted by Crippen LogP contribution is 2.18. The van der Waals surface area contributed by atoms with Crippen molar-refractivity contribution in [3.8, 4) is 0 Å². The molecule has 2 aromatic rings. The van der Waals surface area contributed by atoms with E-state index < -0.39 is 5.60 Å². The average Bonchev–Trinajstić information content (AvgIpc) is 2.76. The van der Waals surface area contributed by atoms with Crippen molar-refractivity contribution in [1.29, 1.82) is 0 Å². The third kappa shape index (κ3) is 3.83. The molecule has 1 amide bonds. The van der Waals surface area contributed by atoms with Gasteiger partial charge in [-0.2, -0.15) is 0 Å². The van der Waals surface area contributed by atoms with Gasteiger partial charge in [0.1, 0.15) is 0 Å². The van der Waals surface area contributed by atoms with Gasteiger partial charge in [0.05, 0.1) is 5.60 Å². The molecule has 0 aliphatic rings. The molecule has 1 heterocycles. The van der Waals surface area contributed by atoms with Crippen molar-refractivity contribution in [1.82, 2.24) is 10.3 Å². The number of amides is 1. The van der Waals surface area contributed by atoms with E-state index in [1.54, 1.807) is 13.8 Å². The normalized spacial score (nSPS) is 11.7. The second kappa shape index (κ2) is 5.45. The highest BCUT2D eigenvalue weighted by atomic mass is 16.3. The predicted octanol–water partition coefficient (Wildman–Crippen LogP) is 1.99. The molecule has 0 atom stereocenters. The maximum absolute atomic E-state index is 11.7. The molecule has 0 aliphatic carbocycles. The summed E-state index contributed by atoms with van der Waals surface area (Å²) in [5.74, 6) is -0.0348. The molecule has 2 rings (SSSR count). The zero-order valence-electron chi connectivity index (χ0n) is 11.4. The fraction of sp³-hybridized carbons (Fsp3) is 0.400. The summed E-state index contributed by atoms with van der Waals surface area (Å²) in [4.78, 5) is 14.9. The summed E-state index contributed by atoms with van der Waals surface area (Å²) in [5.41, 5.74) is 1.37. The first-order valence-electron chi connectivity index (χ1n) is 6.50. The number of aromatic amines is 1. The van der Waals surface area contributed by atoms with Gasteiger partial charge < -0.3 is 15.4 Å². The first-order valence-corrected chi connectivity index (χ1v) is 6.50. The minimum Gasteiger partial charge on any atom is -0.389 e. The number of fused-ring (bicyclic) bond motifs is 1. The molecule has 0 unspecified atom stereocenters. The molecular weight excluding hydrogens is 240 g/mol. The van der Waals surface area contributed by atoms with Gasteiger partial charge >= 0.3 is 0 Å². The Morgan fingerprint density at radius 1 is 1.37 bits per heavy atom. The van der Waals surface area contributed by atoms with Crippen LogP contribution in [0.25, 0.3) is 10.9 Å². The zero-order chi connectivity index (χ0) is 13.9. The number of aryl methyl sites for hydroxylation is 1. The summed E-state index contributed by atoms with van der Waals surface area (Å²) >= 11 is 0. The van der Waals surface area contributed by atoms with E-state index in [0.29, 0.717) is 12.8 Å². The maximum atomic E-state index is 11.7. The third-order valence-electron chi connectivity index (χ3n) is 3.01. The summed E-state index contributed by atoms with van der Waals surface area (Å²) in [5, 5.41) is 13.4. The van der Waals surface area contributed by atoms with Crippen molar-refractivity contribution in [2.75, 3.05) is 6.54 Å². The topological polar surface area (TPSA) is 65.1 Å². The fourth-order valence-electron chi connectivity index (χ4n) is 1.99. The van der Waals surface area contributed by atoms with Crippen LogP contribution in [0.15, 0.2) is 30.5 Å². The molecule has 4 nitrogen and oxygen atoms in total. The number of benzene rings is 1. The minimum absolute atomic E-state index is 0.0348. The van der Waals surface area contributed by atoms with Crippen LogP contribution in [0.2, 0.25) is 0 Å². The highest BCUT2D eigenvalue weighted by molar-refractivity contribution is 5.84. The molecular formula is C15H20N2O2. The van der Waals surface area contributed by atoms with Crippen molar-refractivity contribution in [3.63, 3.8) is 0 Å². The van der Waals surface area contributed by atoms with Gasteiger partial charge in [0, 0.05) is 30.1 Å². The fourth-order valence-corrected chi connectivity index (χ4v) is 1.99. The van der Waals surface area contributed by atoms with Crippen LogP contribution in [0.5, 0.6) is 0 Å². The van der Waals surface area contributed by atoms with E-state index in [2.05, 4.69) is 16.4 Å². The van der Waals surface area contributed by atoms with Crippen LogP contribution in [0.4, 0.5) is 0 Å². The summed E-state index contributed by atoms with van der Waals surface area (Å²) in [7, 11) is 0.